The molecule has 1 saturated carbocycles. The molecule has 7 nitrogen and oxygen atoms in total. The van der Waals surface area contributed by atoms with Crippen LogP contribution in [0.2, 0.25) is 0 Å². The van der Waals surface area contributed by atoms with E-state index < -0.39 is 22.9 Å². The molecule has 1 fully saturated rings. The zero-order valence-electron chi connectivity index (χ0n) is 19.1. The van der Waals surface area contributed by atoms with Crippen molar-refractivity contribution >= 4 is 22.7 Å². The molecule has 1 aliphatic carbocycles. The Labute approximate surface area is 192 Å². The Morgan fingerprint density at radius 3 is 2.42 bits per heavy atom. The number of halogens is 1. The fourth-order valence-corrected chi connectivity index (χ4v) is 3.86. The van der Waals surface area contributed by atoms with E-state index in [-0.39, 0.29) is 24.0 Å². The van der Waals surface area contributed by atoms with Crippen molar-refractivity contribution in [3.63, 3.8) is 0 Å². The number of amides is 2. The van der Waals surface area contributed by atoms with Gasteiger partial charge in [-0.05, 0) is 42.0 Å². The van der Waals surface area contributed by atoms with E-state index in [1.807, 2.05) is 45.0 Å². The average molecular weight is 453 g/mol. The van der Waals surface area contributed by atoms with Gasteiger partial charge >= 0.3 is 0 Å². The Balaban J connectivity index is 1.61. The maximum atomic E-state index is 13.3. The molecule has 2 aromatic carbocycles. The molecule has 0 unspecified atom stereocenters. The minimum Gasteiger partial charge on any atom is -0.394 e. The zero-order valence-corrected chi connectivity index (χ0v) is 19.1. The van der Waals surface area contributed by atoms with Crippen molar-refractivity contribution in [1.29, 1.82) is 0 Å². The van der Waals surface area contributed by atoms with Crippen LogP contribution >= 0.6 is 0 Å². The highest BCUT2D eigenvalue weighted by Crippen LogP contribution is 2.35. The van der Waals surface area contributed by atoms with E-state index in [1.165, 1.54) is 12.1 Å². The van der Waals surface area contributed by atoms with Crippen LogP contribution in [-0.4, -0.2) is 44.9 Å². The number of benzene rings is 2. The summed E-state index contributed by atoms with van der Waals surface area (Å²) in [7, 11) is 0. The molecule has 1 atom stereocenters. The van der Waals surface area contributed by atoms with Gasteiger partial charge in [0, 0.05) is 5.39 Å². The predicted molar refractivity (Wildman–Crippen MR) is 123 cm³/mol. The van der Waals surface area contributed by atoms with Crippen LogP contribution in [0.1, 0.15) is 49.7 Å². The molecule has 4 rings (SSSR count). The molecule has 174 valence electrons. The molecule has 0 saturated heterocycles. The van der Waals surface area contributed by atoms with E-state index in [1.54, 1.807) is 16.8 Å². The Hall–Kier alpha value is -3.26. The molecular formula is C25H29FN4O3. The third-order valence-electron chi connectivity index (χ3n) is 6.07. The highest BCUT2D eigenvalue weighted by Gasteiger charge is 2.46. The van der Waals surface area contributed by atoms with E-state index in [9.17, 15) is 19.1 Å². The van der Waals surface area contributed by atoms with Gasteiger partial charge in [0.2, 0.25) is 5.91 Å². The second-order valence-corrected chi connectivity index (χ2v) is 9.85. The molecule has 1 heterocycles. The summed E-state index contributed by atoms with van der Waals surface area (Å²) in [5.74, 6) is -1.09. The summed E-state index contributed by atoms with van der Waals surface area (Å²) in [5, 5.41) is 20.5. The van der Waals surface area contributed by atoms with Crippen LogP contribution in [0.5, 0.6) is 0 Å². The fourth-order valence-electron chi connectivity index (χ4n) is 3.86. The number of aromatic nitrogens is 2. The number of hydrogen-bond acceptors (Lipinski definition) is 4. The van der Waals surface area contributed by atoms with Gasteiger partial charge in [-0.25, -0.2) is 4.39 Å². The van der Waals surface area contributed by atoms with Crippen LogP contribution in [0.3, 0.4) is 0 Å². The van der Waals surface area contributed by atoms with Crippen LogP contribution < -0.4 is 10.6 Å². The molecule has 2 amide bonds. The Bertz CT molecular complexity index is 1180. The third kappa shape index (κ3) is 4.90. The smallest absolute Gasteiger partial charge is 0.273 e. The van der Waals surface area contributed by atoms with Gasteiger partial charge in [-0.15, -0.1) is 0 Å². The first-order valence-electron chi connectivity index (χ1n) is 11.1. The summed E-state index contributed by atoms with van der Waals surface area (Å²) < 4.78 is 15.0. The molecular weight excluding hydrogens is 423 g/mol. The monoisotopic (exact) mass is 452 g/mol. The third-order valence-corrected chi connectivity index (χ3v) is 6.07. The number of aliphatic hydroxyl groups is 1. The van der Waals surface area contributed by atoms with Gasteiger partial charge in [0.05, 0.1) is 24.2 Å². The van der Waals surface area contributed by atoms with Crippen molar-refractivity contribution in [3.05, 3.63) is 65.6 Å². The second-order valence-electron chi connectivity index (χ2n) is 9.85. The maximum Gasteiger partial charge on any atom is 0.273 e. The summed E-state index contributed by atoms with van der Waals surface area (Å²) in [6.07, 6.45) is 1.44. The van der Waals surface area contributed by atoms with Crippen molar-refractivity contribution in [1.82, 2.24) is 20.4 Å². The zero-order chi connectivity index (χ0) is 23.8. The van der Waals surface area contributed by atoms with Crippen molar-refractivity contribution in [3.8, 4) is 0 Å². The largest absolute Gasteiger partial charge is 0.394 e. The first kappa shape index (κ1) is 22.9. The van der Waals surface area contributed by atoms with Crippen LogP contribution in [0.15, 0.2) is 48.5 Å². The molecule has 0 aliphatic heterocycles. The molecule has 0 spiro atoms. The number of para-hydroxylation sites is 1. The summed E-state index contributed by atoms with van der Waals surface area (Å²) >= 11 is 0. The summed E-state index contributed by atoms with van der Waals surface area (Å²) in [5.41, 5.74) is 0.702. The predicted octanol–water partition coefficient (Wildman–Crippen LogP) is 3.01. The molecule has 1 aliphatic rings. The lowest BCUT2D eigenvalue weighted by atomic mass is 9.85. The van der Waals surface area contributed by atoms with E-state index in [0.717, 1.165) is 23.9 Å². The number of carbonyl (C=O) groups is 2. The Morgan fingerprint density at radius 1 is 1.15 bits per heavy atom. The average Bonchev–Trinajstić information content (AvgIpc) is 3.45. The van der Waals surface area contributed by atoms with E-state index in [4.69, 9.17) is 0 Å². The SMILES string of the molecule is CC(C)(C)[C@H](NC(=O)c1nn(Cc2ccc(F)cc2)c2ccccc12)C(=O)NC1(CO)CC1. The van der Waals surface area contributed by atoms with E-state index in [0.29, 0.717) is 11.9 Å². The van der Waals surface area contributed by atoms with Crippen molar-refractivity contribution in [2.24, 2.45) is 5.41 Å². The summed E-state index contributed by atoms with van der Waals surface area (Å²) in [6, 6.07) is 12.7. The highest BCUT2D eigenvalue weighted by molar-refractivity contribution is 6.06. The summed E-state index contributed by atoms with van der Waals surface area (Å²) in [4.78, 5) is 26.3. The molecule has 33 heavy (non-hydrogen) atoms. The van der Waals surface area contributed by atoms with Crippen LogP contribution in [0.25, 0.3) is 10.9 Å². The van der Waals surface area contributed by atoms with Gasteiger partial charge in [-0.2, -0.15) is 5.10 Å². The molecule has 0 bridgehead atoms. The molecule has 3 N–H and O–H groups in total. The minimum absolute atomic E-state index is 0.123. The number of aliphatic hydroxyl groups excluding tert-OH is 1. The number of hydrogen-bond donors (Lipinski definition) is 3. The normalized spacial score (nSPS) is 15.8. The molecule has 8 heteroatoms. The van der Waals surface area contributed by atoms with Gasteiger partial charge < -0.3 is 15.7 Å². The van der Waals surface area contributed by atoms with Crippen LogP contribution in [0, 0.1) is 11.2 Å². The van der Waals surface area contributed by atoms with Crippen molar-refractivity contribution in [2.75, 3.05) is 6.61 Å². The first-order valence-corrected chi connectivity index (χ1v) is 11.1. The topological polar surface area (TPSA) is 96.2 Å². The minimum atomic E-state index is -0.810. The molecule has 3 aromatic rings. The van der Waals surface area contributed by atoms with Gasteiger partial charge in [0.1, 0.15) is 11.9 Å². The number of nitrogens with zero attached hydrogens (tertiary/aromatic N) is 2. The van der Waals surface area contributed by atoms with Crippen molar-refractivity contribution < 1.29 is 19.1 Å². The number of fused-ring (bicyclic) bond motifs is 1. The highest BCUT2D eigenvalue weighted by atomic mass is 19.1. The lowest BCUT2D eigenvalue weighted by Crippen LogP contribution is -2.56. The second kappa shape index (κ2) is 8.59. The lowest BCUT2D eigenvalue weighted by Gasteiger charge is -2.31. The maximum absolute atomic E-state index is 13.3. The first-order chi connectivity index (χ1) is 15.6. The fraction of sp³-hybridized carbons (Fsp3) is 0.400. The summed E-state index contributed by atoms with van der Waals surface area (Å²) in [6.45, 7) is 5.88. The Morgan fingerprint density at radius 2 is 1.82 bits per heavy atom. The van der Waals surface area contributed by atoms with E-state index in [2.05, 4.69) is 15.7 Å². The van der Waals surface area contributed by atoms with Gasteiger partial charge in [0.15, 0.2) is 5.69 Å². The Kier molecular flexibility index (Phi) is 5.97. The standard InChI is InChI=1S/C25H29FN4O3/c1-24(2,3)21(23(33)28-25(15-31)12-13-25)27-22(32)20-18-6-4-5-7-19(18)30(29-20)14-16-8-10-17(26)11-9-16/h4-11,21,31H,12-15H2,1-3H3,(H,27,32)(H,28,33)/t21-/m1/s1. The van der Waals surface area contributed by atoms with Gasteiger partial charge in [0.25, 0.3) is 5.91 Å². The lowest BCUT2D eigenvalue weighted by molar-refractivity contribution is -0.126. The molecule has 0 radical (unpaired) electrons. The number of rotatable bonds is 7. The van der Waals surface area contributed by atoms with E-state index >= 15 is 0 Å². The van der Waals surface area contributed by atoms with Gasteiger partial charge in [-0.1, -0.05) is 51.1 Å². The van der Waals surface area contributed by atoms with Crippen molar-refractivity contribution in [2.45, 2.75) is 51.7 Å². The van der Waals surface area contributed by atoms with Crippen LogP contribution in [0.4, 0.5) is 4.39 Å². The molecule has 1 aromatic heterocycles. The number of nitrogens with one attached hydrogen (secondary N) is 2. The van der Waals surface area contributed by atoms with Crippen LogP contribution in [-0.2, 0) is 11.3 Å². The number of carbonyl (C=O) groups excluding carboxylic acids is 2. The van der Waals surface area contributed by atoms with Gasteiger partial charge in [-0.3, -0.25) is 14.3 Å². The quantitative estimate of drug-likeness (QED) is 0.514.